The van der Waals surface area contributed by atoms with E-state index >= 15 is 0 Å². The molecular formula is C14H17N3O5. The summed E-state index contributed by atoms with van der Waals surface area (Å²) >= 11 is 0. The van der Waals surface area contributed by atoms with Crippen molar-refractivity contribution in [2.75, 3.05) is 25.5 Å². The summed E-state index contributed by atoms with van der Waals surface area (Å²) in [5.74, 6) is -2.64. The van der Waals surface area contributed by atoms with Crippen molar-refractivity contribution >= 4 is 29.4 Å². The molecule has 118 valence electrons. The van der Waals surface area contributed by atoms with Gasteiger partial charge in [0.05, 0.1) is 18.4 Å². The zero-order chi connectivity index (χ0) is 16.5. The molecule has 0 saturated heterocycles. The van der Waals surface area contributed by atoms with Gasteiger partial charge in [0.2, 0.25) is 5.91 Å². The van der Waals surface area contributed by atoms with E-state index in [1.54, 1.807) is 12.1 Å². The smallest absolute Gasteiger partial charge is 0.339 e. The fourth-order valence-corrected chi connectivity index (χ4v) is 1.55. The van der Waals surface area contributed by atoms with Gasteiger partial charge in [-0.2, -0.15) is 0 Å². The van der Waals surface area contributed by atoms with Gasteiger partial charge in [0.15, 0.2) is 0 Å². The van der Waals surface area contributed by atoms with E-state index in [0.29, 0.717) is 0 Å². The molecule has 0 heterocycles. The van der Waals surface area contributed by atoms with Gasteiger partial charge in [-0.15, -0.1) is 0 Å². The monoisotopic (exact) mass is 307 g/mol. The van der Waals surface area contributed by atoms with Crippen molar-refractivity contribution in [2.45, 2.75) is 6.92 Å². The molecule has 0 aromatic heterocycles. The first-order valence-electron chi connectivity index (χ1n) is 6.46. The van der Waals surface area contributed by atoms with Crippen molar-refractivity contribution in [3.63, 3.8) is 0 Å². The summed E-state index contributed by atoms with van der Waals surface area (Å²) in [7, 11) is 1.22. The molecule has 3 N–H and O–H groups in total. The highest BCUT2D eigenvalue weighted by atomic mass is 16.5. The Morgan fingerprint density at radius 2 is 1.64 bits per heavy atom. The zero-order valence-electron chi connectivity index (χ0n) is 12.3. The summed E-state index contributed by atoms with van der Waals surface area (Å²) in [6, 6.07) is 6.16. The van der Waals surface area contributed by atoms with E-state index < -0.39 is 17.8 Å². The van der Waals surface area contributed by atoms with E-state index in [0.717, 1.165) is 0 Å². The molecule has 0 atom stereocenters. The first kappa shape index (κ1) is 17.2. The lowest BCUT2D eigenvalue weighted by Crippen LogP contribution is -2.39. The molecule has 1 aromatic carbocycles. The van der Waals surface area contributed by atoms with Crippen LogP contribution >= 0.6 is 0 Å². The Balaban J connectivity index is 2.59. The van der Waals surface area contributed by atoms with Crippen LogP contribution in [0.3, 0.4) is 0 Å². The number of carbonyl (C=O) groups is 4. The molecule has 1 rings (SSSR count). The normalized spacial score (nSPS) is 9.55. The van der Waals surface area contributed by atoms with Gasteiger partial charge in [-0.3, -0.25) is 14.4 Å². The number of nitrogens with one attached hydrogen (secondary N) is 3. The highest BCUT2D eigenvalue weighted by molar-refractivity contribution is 6.40. The minimum Gasteiger partial charge on any atom is -0.465 e. The Bertz CT molecular complexity index is 586. The SMILES string of the molecule is COC(=O)c1ccccc1NC(=O)C(=O)NCCNC(C)=O. The van der Waals surface area contributed by atoms with Crippen LogP contribution in [0, 0.1) is 0 Å². The molecule has 0 spiro atoms. The van der Waals surface area contributed by atoms with Crippen molar-refractivity contribution in [1.29, 1.82) is 0 Å². The highest BCUT2D eigenvalue weighted by Gasteiger charge is 2.17. The molecule has 22 heavy (non-hydrogen) atoms. The van der Waals surface area contributed by atoms with E-state index in [1.807, 2.05) is 0 Å². The number of para-hydroxylation sites is 1. The second-order valence-corrected chi connectivity index (χ2v) is 4.23. The molecule has 0 bridgehead atoms. The predicted molar refractivity (Wildman–Crippen MR) is 78.1 cm³/mol. The van der Waals surface area contributed by atoms with Crippen molar-refractivity contribution < 1.29 is 23.9 Å². The largest absolute Gasteiger partial charge is 0.465 e. The average Bonchev–Trinajstić information content (AvgIpc) is 2.50. The molecule has 0 aliphatic rings. The lowest BCUT2D eigenvalue weighted by Gasteiger charge is -2.09. The first-order valence-corrected chi connectivity index (χ1v) is 6.46. The number of ether oxygens (including phenoxy) is 1. The minimum atomic E-state index is -0.917. The van der Waals surface area contributed by atoms with Crippen LogP contribution in [0.4, 0.5) is 5.69 Å². The summed E-state index contributed by atoms with van der Waals surface area (Å²) in [6.45, 7) is 1.68. The standard InChI is InChI=1S/C14H17N3O5/c1-9(18)15-7-8-16-12(19)13(20)17-11-6-4-3-5-10(11)14(21)22-2/h3-6H,7-8H2,1-2H3,(H,15,18)(H,16,19)(H,17,20). The predicted octanol–water partition coefficient (Wildman–Crippen LogP) is -0.336. The molecule has 0 unspecified atom stereocenters. The number of hydrogen-bond acceptors (Lipinski definition) is 5. The van der Waals surface area contributed by atoms with Gasteiger partial charge < -0.3 is 20.7 Å². The molecule has 0 aliphatic heterocycles. The third-order valence-electron chi connectivity index (χ3n) is 2.57. The minimum absolute atomic E-state index is 0.116. The Kier molecular flexibility index (Phi) is 6.55. The fraction of sp³-hybridized carbons (Fsp3) is 0.286. The van der Waals surface area contributed by atoms with Gasteiger partial charge in [0.25, 0.3) is 0 Å². The van der Waals surface area contributed by atoms with Crippen molar-refractivity contribution in [3.8, 4) is 0 Å². The summed E-state index contributed by atoms with van der Waals surface area (Å²) in [6.07, 6.45) is 0. The van der Waals surface area contributed by atoms with Crippen LogP contribution in [0.15, 0.2) is 24.3 Å². The van der Waals surface area contributed by atoms with E-state index in [2.05, 4.69) is 20.7 Å². The van der Waals surface area contributed by atoms with E-state index in [9.17, 15) is 19.2 Å². The Morgan fingerprint density at radius 3 is 2.27 bits per heavy atom. The number of benzene rings is 1. The Hall–Kier alpha value is -2.90. The Labute approximate surface area is 127 Å². The summed E-state index contributed by atoms with van der Waals surface area (Å²) < 4.78 is 4.59. The second-order valence-electron chi connectivity index (χ2n) is 4.23. The molecule has 0 saturated carbocycles. The maximum absolute atomic E-state index is 11.7. The van der Waals surface area contributed by atoms with Gasteiger partial charge in [0.1, 0.15) is 0 Å². The lowest BCUT2D eigenvalue weighted by molar-refractivity contribution is -0.136. The number of carbonyl (C=O) groups excluding carboxylic acids is 4. The molecule has 0 fully saturated rings. The average molecular weight is 307 g/mol. The van der Waals surface area contributed by atoms with Crippen LogP contribution in [0.2, 0.25) is 0 Å². The van der Waals surface area contributed by atoms with E-state index in [4.69, 9.17) is 0 Å². The van der Waals surface area contributed by atoms with Crippen LogP contribution < -0.4 is 16.0 Å². The van der Waals surface area contributed by atoms with Crippen LogP contribution in [0.25, 0.3) is 0 Å². The summed E-state index contributed by atoms with van der Waals surface area (Å²) in [5.41, 5.74) is 0.320. The van der Waals surface area contributed by atoms with Gasteiger partial charge in [-0.25, -0.2) is 4.79 Å². The quantitative estimate of drug-likeness (QED) is 0.391. The molecular weight excluding hydrogens is 290 g/mol. The molecule has 8 nitrogen and oxygen atoms in total. The number of rotatable bonds is 5. The van der Waals surface area contributed by atoms with Gasteiger partial charge in [-0.05, 0) is 12.1 Å². The number of esters is 1. The summed E-state index contributed by atoms with van der Waals surface area (Å²) in [5, 5.41) is 7.15. The summed E-state index contributed by atoms with van der Waals surface area (Å²) in [4.78, 5) is 45.5. The van der Waals surface area contributed by atoms with Crippen molar-refractivity contribution in [3.05, 3.63) is 29.8 Å². The van der Waals surface area contributed by atoms with Crippen molar-refractivity contribution in [1.82, 2.24) is 10.6 Å². The topological polar surface area (TPSA) is 114 Å². The van der Waals surface area contributed by atoms with Crippen LogP contribution in [0.5, 0.6) is 0 Å². The van der Waals surface area contributed by atoms with Crippen LogP contribution in [0.1, 0.15) is 17.3 Å². The second kappa shape index (κ2) is 8.40. The molecule has 8 heteroatoms. The van der Waals surface area contributed by atoms with Gasteiger partial charge in [-0.1, -0.05) is 12.1 Å². The van der Waals surface area contributed by atoms with Crippen molar-refractivity contribution in [2.24, 2.45) is 0 Å². The van der Waals surface area contributed by atoms with E-state index in [-0.39, 0.29) is 30.2 Å². The van der Waals surface area contributed by atoms with Crippen LogP contribution in [-0.4, -0.2) is 43.9 Å². The molecule has 0 aliphatic carbocycles. The first-order chi connectivity index (χ1) is 10.5. The van der Waals surface area contributed by atoms with Crippen LogP contribution in [-0.2, 0) is 19.1 Å². The van der Waals surface area contributed by atoms with E-state index in [1.165, 1.54) is 26.2 Å². The lowest BCUT2D eigenvalue weighted by atomic mass is 10.2. The zero-order valence-corrected chi connectivity index (χ0v) is 12.3. The third-order valence-corrected chi connectivity index (χ3v) is 2.57. The maximum Gasteiger partial charge on any atom is 0.339 e. The number of anilines is 1. The van der Waals surface area contributed by atoms with Gasteiger partial charge >= 0.3 is 17.8 Å². The molecule has 1 aromatic rings. The number of amides is 3. The Morgan fingerprint density at radius 1 is 1.00 bits per heavy atom. The van der Waals surface area contributed by atoms with Gasteiger partial charge in [0, 0.05) is 20.0 Å². The molecule has 3 amide bonds. The maximum atomic E-state index is 11.7. The number of hydrogen-bond donors (Lipinski definition) is 3. The highest BCUT2D eigenvalue weighted by Crippen LogP contribution is 2.15. The molecule has 0 radical (unpaired) electrons. The number of methoxy groups -OCH3 is 1. The fourth-order valence-electron chi connectivity index (χ4n) is 1.55. The third kappa shape index (κ3) is 5.23.